The molecule has 1 aromatic carbocycles. The molecule has 0 saturated carbocycles. The maximum atomic E-state index is 12.4. The lowest BCUT2D eigenvalue weighted by atomic mass is 10.3. The number of aromatic nitrogens is 1. The van der Waals surface area contributed by atoms with Crippen LogP contribution in [0.2, 0.25) is 5.15 Å². The maximum Gasteiger partial charge on any atom is 0.264 e. The average Bonchev–Trinajstić information content (AvgIpc) is 2.25. The summed E-state index contributed by atoms with van der Waals surface area (Å²) in [6.45, 7) is 0. The molecule has 20 heavy (non-hydrogen) atoms. The molecule has 2 aromatic rings. The Morgan fingerprint density at radius 1 is 1.20 bits per heavy atom. The van der Waals surface area contributed by atoms with Gasteiger partial charge in [0, 0.05) is 20.8 Å². The van der Waals surface area contributed by atoms with Crippen molar-refractivity contribution in [1.82, 2.24) is 4.98 Å². The topological polar surface area (TPSA) is 85.1 Å². The predicted octanol–water partition coefficient (Wildman–Crippen LogP) is 3.64. The number of rotatable bonds is 3. The Kier molecular flexibility index (Phi) is 4.58. The molecule has 1 aromatic heterocycles. The first kappa shape index (κ1) is 15.6. The first-order valence-corrected chi connectivity index (χ1v) is 8.63. The van der Waals surface area contributed by atoms with Gasteiger partial charge in [0.25, 0.3) is 10.0 Å². The summed E-state index contributed by atoms with van der Waals surface area (Å²) < 4.78 is 27.9. The second-order valence-electron chi connectivity index (χ2n) is 3.79. The maximum absolute atomic E-state index is 12.4. The monoisotopic (exact) mass is 439 g/mol. The number of sulfonamides is 1. The molecule has 0 aliphatic carbocycles. The zero-order chi connectivity index (χ0) is 14.9. The Morgan fingerprint density at radius 3 is 2.35 bits per heavy atom. The van der Waals surface area contributed by atoms with Gasteiger partial charge in [-0.25, -0.2) is 13.4 Å². The minimum Gasteiger partial charge on any atom is -0.399 e. The summed E-state index contributed by atoms with van der Waals surface area (Å²) in [5, 5.41) is 0.195. The highest BCUT2D eigenvalue weighted by molar-refractivity contribution is 9.11. The van der Waals surface area contributed by atoms with Gasteiger partial charge >= 0.3 is 0 Å². The summed E-state index contributed by atoms with van der Waals surface area (Å²) in [5.41, 5.74) is 6.40. The van der Waals surface area contributed by atoms with Crippen LogP contribution in [0, 0.1) is 0 Å². The SMILES string of the molecule is Nc1cc(Br)c(S(=O)(=O)Nc2ccnc(Cl)c2)c(Br)c1. The van der Waals surface area contributed by atoms with Gasteiger partial charge in [-0.05, 0) is 56.1 Å². The lowest BCUT2D eigenvalue weighted by Crippen LogP contribution is -2.14. The van der Waals surface area contributed by atoms with Gasteiger partial charge in [0.1, 0.15) is 10.0 Å². The number of pyridine rings is 1. The minimum absolute atomic E-state index is 0.0552. The van der Waals surface area contributed by atoms with Crippen LogP contribution in [0.1, 0.15) is 0 Å². The van der Waals surface area contributed by atoms with Crippen LogP contribution in [0.4, 0.5) is 11.4 Å². The zero-order valence-electron chi connectivity index (χ0n) is 9.77. The molecule has 0 aliphatic heterocycles. The molecule has 1 heterocycles. The first-order valence-electron chi connectivity index (χ1n) is 5.18. The quantitative estimate of drug-likeness (QED) is 0.563. The van der Waals surface area contributed by atoms with Crippen LogP contribution in [0.15, 0.2) is 44.3 Å². The van der Waals surface area contributed by atoms with Crippen molar-refractivity contribution in [2.24, 2.45) is 0 Å². The number of nitrogens with one attached hydrogen (secondary N) is 1. The van der Waals surface area contributed by atoms with E-state index in [1.165, 1.54) is 30.5 Å². The van der Waals surface area contributed by atoms with E-state index in [1.54, 1.807) is 0 Å². The molecule has 3 N–H and O–H groups in total. The second-order valence-corrected chi connectivity index (χ2v) is 7.50. The molecule has 0 aliphatic rings. The number of benzene rings is 1. The Bertz CT molecular complexity index is 745. The van der Waals surface area contributed by atoms with Gasteiger partial charge in [-0.1, -0.05) is 11.6 Å². The summed E-state index contributed by atoms with van der Waals surface area (Å²) in [6.07, 6.45) is 1.41. The zero-order valence-corrected chi connectivity index (χ0v) is 14.5. The van der Waals surface area contributed by atoms with E-state index in [9.17, 15) is 8.42 Å². The number of hydrogen-bond donors (Lipinski definition) is 2. The molecule has 2 rings (SSSR count). The largest absolute Gasteiger partial charge is 0.399 e. The number of anilines is 2. The summed E-state index contributed by atoms with van der Waals surface area (Å²) in [4.78, 5) is 3.84. The molecule has 5 nitrogen and oxygen atoms in total. The molecule has 0 fully saturated rings. The highest BCUT2D eigenvalue weighted by atomic mass is 79.9. The van der Waals surface area contributed by atoms with Crippen molar-refractivity contribution in [1.29, 1.82) is 0 Å². The smallest absolute Gasteiger partial charge is 0.264 e. The number of nitrogens with zero attached hydrogens (tertiary/aromatic N) is 1. The van der Waals surface area contributed by atoms with E-state index < -0.39 is 10.0 Å². The lowest BCUT2D eigenvalue weighted by Gasteiger charge is -2.12. The van der Waals surface area contributed by atoms with Gasteiger partial charge in [0.15, 0.2) is 0 Å². The molecule has 0 spiro atoms. The Balaban J connectivity index is 2.46. The van der Waals surface area contributed by atoms with E-state index in [4.69, 9.17) is 17.3 Å². The molecule has 0 radical (unpaired) electrons. The van der Waals surface area contributed by atoms with Crippen LogP contribution < -0.4 is 10.5 Å². The molecule has 0 atom stereocenters. The summed E-state index contributed by atoms with van der Waals surface area (Å²) in [5.74, 6) is 0. The van der Waals surface area contributed by atoms with E-state index in [2.05, 4.69) is 41.6 Å². The first-order chi connectivity index (χ1) is 9.29. The summed E-state index contributed by atoms with van der Waals surface area (Å²) in [6, 6.07) is 5.94. The third-order valence-corrected chi connectivity index (χ3v) is 5.73. The van der Waals surface area contributed by atoms with Gasteiger partial charge in [-0.3, -0.25) is 4.72 Å². The van der Waals surface area contributed by atoms with Crippen LogP contribution >= 0.6 is 43.5 Å². The Morgan fingerprint density at radius 2 is 1.80 bits per heavy atom. The van der Waals surface area contributed by atoms with E-state index in [-0.39, 0.29) is 10.0 Å². The van der Waals surface area contributed by atoms with Gasteiger partial charge in [-0.15, -0.1) is 0 Å². The van der Waals surface area contributed by atoms with Gasteiger partial charge in [0.05, 0.1) is 5.69 Å². The standard InChI is InChI=1S/C11H8Br2ClN3O2S/c12-8-3-6(15)4-9(13)11(8)20(18,19)17-7-1-2-16-10(14)5-7/h1-5H,15H2,(H,16,17). The molecule has 0 unspecified atom stereocenters. The van der Waals surface area contributed by atoms with Crippen LogP contribution in [0.3, 0.4) is 0 Å². The number of halogens is 3. The van der Waals surface area contributed by atoms with Gasteiger partial charge < -0.3 is 5.73 Å². The van der Waals surface area contributed by atoms with Crippen molar-refractivity contribution in [3.05, 3.63) is 44.6 Å². The van der Waals surface area contributed by atoms with E-state index in [0.29, 0.717) is 20.3 Å². The molecule has 106 valence electrons. The van der Waals surface area contributed by atoms with Gasteiger partial charge in [0.2, 0.25) is 0 Å². The van der Waals surface area contributed by atoms with Crippen LogP contribution in [-0.2, 0) is 10.0 Å². The van der Waals surface area contributed by atoms with Crippen molar-refractivity contribution >= 4 is 64.9 Å². The van der Waals surface area contributed by atoms with Crippen LogP contribution in [0.5, 0.6) is 0 Å². The Labute approximate surface area is 137 Å². The van der Waals surface area contributed by atoms with Crippen LogP contribution in [0.25, 0.3) is 0 Å². The summed E-state index contributed by atoms with van der Waals surface area (Å²) >= 11 is 12.1. The third-order valence-electron chi connectivity index (χ3n) is 2.27. The number of nitrogens with two attached hydrogens (primary N) is 1. The fourth-order valence-electron chi connectivity index (χ4n) is 1.51. The average molecular weight is 442 g/mol. The Hall–Kier alpha value is -0.830. The number of nitrogen functional groups attached to an aromatic ring is 1. The van der Waals surface area contributed by atoms with Crippen molar-refractivity contribution in [3.63, 3.8) is 0 Å². The molecular formula is C11H8Br2ClN3O2S. The molecule has 0 saturated heterocycles. The van der Waals surface area contributed by atoms with E-state index in [0.717, 1.165) is 0 Å². The van der Waals surface area contributed by atoms with Crippen LogP contribution in [-0.4, -0.2) is 13.4 Å². The van der Waals surface area contributed by atoms with E-state index >= 15 is 0 Å². The van der Waals surface area contributed by atoms with Crippen molar-refractivity contribution in [2.45, 2.75) is 4.90 Å². The normalized spacial score (nSPS) is 11.3. The molecular weight excluding hydrogens is 433 g/mol. The molecule has 0 bridgehead atoms. The summed E-state index contributed by atoms with van der Waals surface area (Å²) in [7, 11) is -3.79. The van der Waals surface area contributed by atoms with E-state index in [1.807, 2.05) is 0 Å². The predicted molar refractivity (Wildman–Crippen MR) is 86.3 cm³/mol. The van der Waals surface area contributed by atoms with Crippen molar-refractivity contribution < 1.29 is 8.42 Å². The second kappa shape index (κ2) is 5.88. The van der Waals surface area contributed by atoms with Gasteiger partial charge in [-0.2, -0.15) is 0 Å². The van der Waals surface area contributed by atoms with Crippen molar-refractivity contribution in [2.75, 3.05) is 10.5 Å². The third kappa shape index (κ3) is 3.43. The minimum atomic E-state index is -3.79. The fourth-order valence-corrected chi connectivity index (χ4v) is 5.35. The highest BCUT2D eigenvalue weighted by Gasteiger charge is 2.22. The number of hydrogen-bond acceptors (Lipinski definition) is 4. The molecule has 0 amide bonds. The molecule has 9 heteroatoms. The lowest BCUT2D eigenvalue weighted by molar-refractivity contribution is 0.600. The fraction of sp³-hybridized carbons (Fsp3) is 0. The van der Waals surface area contributed by atoms with Crippen molar-refractivity contribution in [3.8, 4) is 0 Å². The highest BCUT2D eigenvalue weighted by Crippen LogP contribution is 2.33.